The summed E-state index contributed by atoms with van der Waals surface area (Å²) in [4.78, 5) is 16.1. The fourth-order valence-corrected chi connectivity index (χ4v) is 3.43. The Labute approximate surface area is 153 Å². The van der Waals surface area contributed by atoms with E-state index in [2.05, 4.69) is 44.8 Å². The third-order valence-electron chi connectivity index (χ3n) is 4.73. The molecule has 0 atom stereocenters. The second-order valence-electron chi connectivity index (χ2n) is 7.44. The Morgan fingerprint density at radius 2 is 1.65 bits per heavy atom. The Morgan fingerprint density at radius 1 is 1.04 bits per heavy atom. The van der Waals surface area contributed by atoms with E-state index in [1.807, 2.05) is 24.4 Å². The number of carboxylic acids is 1. The summed E-state index contributed by atoms with van der Waals surface area (Å²) in [5.74, 6) is -0.697. The van der Waals surface area contributed by atoms with Crippen molar-refractivity contribution in [1.29, 1.82) is 0 Å². The number of benzene rings is 1. The molecule has 0 amide bonds. The number of hydrogen-bond acceptors (Lipinski definition) is 3. The first kappa shape index (κ1) is 18.1. The molecule has 1 N–H and O–H groups in total. The molecule has 0 saturated heterocycles. The summed E-state index contributed by atoms with van der Waals surface area (Å²) in [5.41, 5.74) is 6.78. The monoisotopic (exact) mass is 351 g/mol. The number of aromatic nitrogens is 3. The van der Waals surface area contributed by atoms with Crippen LogP contribution < -0.4 is 0 Å². The van der Waals surface area contributed by atoms with Gasteiger partial charge in [-0.05, 0) is 48.4 Å². The van der Waals surface area contributed by atoms with Crippen molar-refractivity contribution in [1.82, 2.24) is 14.6 Å². The first-order valence-corrected chi connectivity index (χ1v) is 8.95. The summed E-state index contributed by atoms with van der Waals surface area (Å²) in [6.45, 7) is 12.4. The molecular formula is C21H25N3O2. The third kappa shape index (κ3) is 2.87. The van der Waals surface area contributed by atoms with Gasteiger partial charge in [0.25, 0.3) is 0 Å². The van der Waals surface area contributed by atoms with Gasteiger partial charge < -0.3 is 5.11 Å². The van der Waals surface area contributed by atoms with Crippen molar-refractivity contribution in [2.45, 2.75) is 53.4 Å². The number of fused-ring (bicyclic) bond motifs is 1. The van der Waals surface area contributed by atoms with Gasteiger partial charge in [-0.15, -0.1) is 0 Å². The lowest BCUT2D eigenvalue weighted by Gasteiger charge is -2.12. The lowest BCUT2D eigenvalue weighted by molar-refractivity contribution is 0.0690. The number of carbonyl (C=O) groups is 1. The number of carboxylic acid groups (broad SMARTS) is 1. The third-order valence-corrected chi connectivity index (χ3v) is 4.73. The zero-order valence-electron chi connectivity index (χ0n) is 16.2. The number of nitrogens with zero attached hydrogens (tertiary/aromatic N) is 3. The SMILES string of the molecule is Cc1cccc(C)c1-c1c(C(C)C)nn2c(C(C)C)cc(C(=O)O)nc12. The average molecular weight is 351 g/mol. The topological polar surface area (TPSA) is 67.5 Å². The van der Waals surface area contributed by atoms with Crippen LogP contribution in [-0.4, -0.2) is 25.7 Å². The lowest BCUT2D eigenvalue weighted by Crippen LogP contribution is -2.09. The van der Waals surface area contributed by atoms with Crippen molar-refractivity contribution in [2.75, 3.05) is 0 Å². The largest absolute Gasteiger partial charge is 0.477 e. The Kier molecular flexibility index (Phi) is 4.57. The molecule has 0 aliphatic heterocycles. The second-order valence-corrected chi connectivity index (χ2v) is 7.44. The molecule has 0 saturated carbocycles. The second kappa shape index (κ2) is 6.56. The number of aryl methyl sites for hydroxylation is 2. The van der Waals surface area contributed by atoms with Crippen LogP contribution in [0.5, 0.6) is 0 Å². The molecule has 5 nitrogen and oxygen atoms in total. The fourth-order valence-electron chi connectivity index (χ4n) is 3.43. The van der Waals surface area contributed by atoms with Crippen molar-refractivity contribution >= 4 is 11.6 Å². The smallest absolute Gasteiger partial charge is 0.354 e. The molecule has 0 aliphatic rings. The maximum atomic E-state index is 11.6. The Morgan fingerprint density at radius 3 is 2.15 bits per heavy atom. The fraction of sp³-hybridized carbons (Fsp3) is 0.381. The zero-order valence-corrected chi connectivity index (χ0v) is 16.2. The van der Waals surface area contributed by atoms with Crippen LogP contribution >= 0.6 is 0 Å². The molecule has 2 heterocycles. The molecule has 0 unspecified atom stereocenters. The van der Waals surface area contributed by atoms with Crippen LogP contribution in [0, 0.1) is 13.8 Å². The van der Waals surface area contributed by atoms with E-state index >= 15 is 0 Å². The maximum absolute atomic E-state index is 11.6. The summed E-state index contributed by atoms with van der Waals surface area (Å²) in [5, 5.41) is 14.4. The van der Waals surface area contributed by atoms with Crippen LogP contribution in [0.15, 0.2) is 24.3 Å². The van der Waals surface area contributed by atoms with Crippen LogP contribution in [0.4, 0.5) is 0 Å². The highest BCUT2D eigenvalue weighted by atomic mass is 16.4. The van der Waals surface area contributed by atoms with Gasteiger partial charge in [0, 0.05) is 5.69 Å². The van der Waals surface area contributed by atoms with Gasteiger partial charge >= 0.3 is 5.97 Å². The number of aromatic carboxylic acids is 1. The van der Waals surface area contributed by atoms with Crippen molar-refractivity contribution in [3.05, 3.63) is 52.5 Å². The highest BCUT2D eigenvalue weighted by molar-refractivity contribution is 5.89. The minimum atomic E-state index is -1.02. The minimum absolute atomic E-state index is 0.0592. The van der Waals surface area contributed by atoms with Crippen LogP contribution in [-0.2, 0) is 0 Å². The van der Waals surface area contributed by atoms with E-state index in [1.165, 1.54) is 0 Å². The Hall–Kier alpha value is -2.69. The van der Waals surface area contributed by atoms with Crippen LogP contribution in [0.1, 0.15) is 72.5 Å². The van der Waals surface area contributed by atoms with E-state index in [1.54, 1.807) is 6.07 Å². The molecule has 2 aromatic heterocycles. The first-order chi connectivity index (χ1) is 12.2. The summed E-state index contributed by atoms with van der Waals surface area (Å²) in [6, 6.07) is 7.80. The molecule has 3 rings (SSSR count). The van der Waals surface area contributed by atoms with Gasteiger partial charge in [-0.25, -0.2) is 14.3 Å². The van der Waals surface area contributed by atoms with Gasteiger partial charge in [-0.1, -0.05) is 45.9 Å². The summed E-state index contributed by atoms with van der Waals surface area (Å²) in [6.07, 6.45) is 0. The predicted octanol–water partition coefficient (Wildman–Crippen LogP) is 4.96. The van der Waals surface area contributed by atoms with E-state index in [9.17, 15) is 9.90 Å². The first-order valence-electron chi connectivity index (χ1n) is 8.95. The van der Waals surface area contributed by atoms with Crippen molar-refractivity contribution in [3.8, 4) is 11.1 Å². The molecule has 0 bridgehead atoms. The minimum Gasteiger partial charge on any atom is -0.477 e. The lowest BCUT2D eigenvalue weighted by atomic mass is 9.92. The van der Waals surface area contributed by atoms with Gasteiger partial charge in [0.05, 0.1) is 11.3 Å². The molecule has 5 heteroatoms. The Bertz CT molecular complexity index is 980. The van der Waals surface area contributed by atoms with Crippen LogP contribution in [0.2, 0.25) is 0 Å². The predicted molar refractivity (Wildman–Crippen MR) is 103 cm³/mol. The summed E-state index contributed by atoms with van der Waals surface area (Å²) < 4.78 is 1.83. The van der Waals surface area contributed by atoms with E-state index in [0.29, 0.717) is 5.65 Å². The molecule has 0 fully saturated rings. The van der Waals surface area contributed by atoms with Gasteiger partial charge in [0.2, 0.25) is 0 Å². The van der Waals surface area contributed by atoms with Gasteiger partial charge in [0.1, 0.15) is 0 Å². The van der Waals surface area contributed by atoms with Crippen molar-refractivity contribution < 1.29 is 9.90 Å². The van der Waals surface area contributed by atoms with Gasteiger partial charge in [-0.2, -0.15) is 5.10 Å². The highest BCUT2D eigenvalue weighted by Crippen LogP contribution is 2.37. The molecule has 0 aliphatic carbocycles. The summed E-state index contributed by atoms with van der Waals surface area (Å²) in [7, 11) is 0. The van der Waals surface area contributed by atoms with Crippen LogP contribution in [0.3, 0.4) is 0 Å². The van der Waals surface area contributed by atoms with Gasteiger partial charge in [-0.3, -0.25) is 0 Å². The molecule has 136 valence electrons. The molecule has 0 radical (unpaired) electrons. The number of rotatable bonds is 4. The average Bonchev–Trinajstić information content (AvgIpc) is 2.93. The van der Waals surface area contributed by atoms with Crippen molar-refractivity contribution in [3.63, 3.8) is 0 Å². The molecule has 1 aromatic carbocycles. The maximum Gasteiger partial charge on any atom is 0.354 e. The van der Waals surface area contributed by atoms with Crippen molar-refractivity contribution in [2.24, 2.45) is 0 Å². The molecule has 0 spiro atoms. The standard InChI is InChI=1S/C21H25N3O2/c1-11(2)16-10-15(21(25)26)22-20-18(19(12(3)4)23-24(16)20)17-13(5)8-7-9-14(17)6/h7-12H,1-6H3,(H,25,26). The van der Waals surface area contributed by atoms with E-state index in [4.69, 9.17) is 5.10 Å². The van der Waals surface area contributed by atoms with E-state index in [-0.39, 0.29) is 17.5 Å². The number of hydrogen-bond donors (Lipinski definition) is 1. The quantitative estimate of drug-likeness (QED) is 0.721. The van der Waals surface area contributed by atoms with E-state index < -0.39 is 5.97 Å². The zero-order chi connectivity index (χ0) is 19.2. The highest BCUT2D eigenvalue weighted by Gasteiger charge is 2.24. The molecule has 3 aromatic rings. The molecular weight excluding hydrogens is 326 g/mol. The summed E-state index contributed by atoms with van der Waals surface area (Å²) >= 11 is 0. The van der Waals surface area contributed by atoms with Crippen LogP contribution in [0.25, 0.3) is 16.8 Å². The molecule has 26 heavy (non-hydrogen) atoms. The van der Waals surface area contributed by atoms with E-state index in [0.717, 1.165) is 33.6 Å². The Balaban J connectivity index is 2.52. The van der Waals surface area contributed by atoms with Gasteiger partial charge in [0.15, 0.2) is 11.3 Å². The normalized spacial score (nSPS) is 11.7.